The number of hydrogen-bond donors (Lipinski definition) is 0. The molecule has 0 N–H and O–H groups in total. The van der Waals surface area contributed by atoms with E-state index in [0.29, 0.717) is 0 Å². The van der Waals surface area contributed by atoms with Gasteiger partial charge in [-0.3, -0.25) is 4.90 Å². The van der Waals surface area contributed by atoms with Crippen molar-refractivity contribution >= 4 is 0 Å². The lowest BCUT2D eigenvalue weighted by Gasteiger charge is -2.37. The third-order valence-electron chi connectivity index (χ3n) is 4.59. The number of likely N-dealkylation sites (tertiary alicyclic amines) is 1. The van der Waals surface area contributed by atoms with Crippen LogP contribution in [0.1, 0.15) is 31.2 Å². The molecular weight excluding hydrogens is 232 g/mol. The smallest absolute Gasteiger partial charge is 0.0234 e. The van der Waals surface area contributed by atoms with E-state index in [1.807, 2.05) is 0 Å². The Labute approximate surface area is 117 Å². The molecule has 1 aliphatic carbocycles. The Kier molecular flexibility index (Phi) is 4.19. The van der Waals surface area contributed by atoms with Gasteiger partial charge < -0.3 is 4.90 Å². The fourth-order valence-corrected chi connectivity index (χ4v) is 3.22. The highest BCUT2D eigenvalue weighted by atomic mass is 15.2. The van der Waals surface area contributed by atoms with Crippen molar-refractivity contribution in [3.8, 4) is 0 Å². The SMILES string of the molecule is CN(Cc1ccccc1)[C@@H]1CCCN(CC2CC2)C1. The molecule has 0 radical (unpaired) electrons. The first-order valence-corrected chi connectivity index (χ1v) is 7.78. The molecule has 2 fully saturated rings. The quantitative estimate of drug-likeness (QED) is 0.801. The number of nitrogens with zero attached hydrogens (tertiary/aromatic N) is 2. The number of hydrogen-bond acceptors (Lipinski definition) is 2. The first-order chi connectivity index (χ1) is 9.31. The summed E-state index contributed by atoms with van der Waals surface area (Å²) >= 11 is 0. The maximum atomic E-state index is 2.70. The predicted molar refractivity (Wildman–Crippen MR) is 80.1 cm³/mol. The highest BCUT2D eigenvalue weighted by molar-refractivity contribution is 5.14. The second kappa shape index (κ2) is 6.06. The van der Waals surface area contributed by atoms with Gasteiger partial charge in [0.2, 0.25) is 0 Å². The molecule has 104 valence electrons. The first kappa shape index (κ1) is 13.1. The van der Waals surface area contributed by atoms with Crippen molar-refractivity contribution in [1.29, 1.82) is 0 Å². The lowest BCUT2D eigenvalue weighted by atomic mass is 10.0. The molecule has 1 aliphatic heterocycles. The zero-order valence-electron chi connectivity index (χ0n) is 12.1. The summed E-state index contributed by atoms with van der Waals surface area (Å²) in [6.07, 6.45) is 5.68. The molecule has 0 unspecified atom stereocenters. The number of rotatable bonds is 5. The molecule has 1 heterocycles. The molecular formula is C17H26N2. The van der Waals surface area contributed by atoms with Gasteiger partial charge in [-0.2, -0.15) is 0 Å². The van der Waals surface area contributed by atoms with E-state index in [4.69, 9.17) is 0 Å². The number of piperidine rings is 1. The minimum atomic E-state index is 0.743. The van der Waals surface area contributed by atoms with Gasteiger partial charge in [0.25, 0.3) is 0 Å². The molecule has 1 saturated heterocycles. The third-order valence-corrected chi connectivity index (χ3v) is 4.59. The Bertz CT molecular complexity index is 386. The van der Waals surface area contributed by atoms with Crippen LogP contribution in [-0.2, 0) is 6.54 Å². The Morgan fingerprint density at radius 2 is 1.95 bits per heavy atom. The van der Waals surface area contributed by atoms with E-state index in [9.17, 15) is 0 Å². The minimum absolute atomic E-state index is 0.743. The maximum absolute atomic E-state index is 2.70. The highest BCUT2D eigenvalue weighted by Crippen LogP contribution is 2.31. The Morgan fingerprint density at radius 3 is 2.68 bits per heavy atom. The van der Waals surface area contributed by atoms with Crippen LogP contribution in [0, 0.1) is 5.92 Å². The van der Waals surface area contributed by atoms with Crippen molar-refractivity contribution in [3.63, 3.8) is 0 Å². The van der Waals surface area contributed by atoms with E-state index in [0.717, 1.165) is 18.5 Å². The average molecular weight is 258 g/mol. The molecule has 2 nitrogen and oxygen atoms in total. The predicted octanol–water partition coefficient (Wildman–Crippen LogP) is 2.99. The average Bonchev–Trinajstić information content (AvgIpc) is 3.24. The molecule has 1 aromatic rings. The van der Waals surface area contributed by atoms with E-state index < -0.39 is 0 Å². The van der Waals surface area contributed by atoms with E-state index in [-0.39, 0.29) is 0 Å². The van der Waals surface area contributed by atoms with Crippen LogP contribution in [0.2, 0.25) is 0 Å². The summed E-state index contributed by atoms with van der Waals surface area (Å²) in [6.45, 7) is 5.05. The molecule has 2 aliphatic rings. The van der Waals surface area contributed by atoms with Crippen molar-refractivity contribution in [1.82, 2.24) is 9.80 Å². The standard InChI is InChI=1S/C17H26N2/c1-18(12-15-6-3-2-4-7-15)17-8-5-11-19(14-17)13-16-9-10-16/h2-4,6-7,16-17H,5,8-14H2,1H3/t17-/m1/s1. The summed E-state index contributed by atoms with van der Waals surface area (Å²) in [5.41, 5.74) is 1.43. The Balaban J connectivity index is 1.52. The molecule has 0 bridgehead atoms. The van der Waals surface area contributed by atoms with Gasteiger partial charge in [0.1, 0.15) is 0 Å². The van der Waals surface area contributed by atoms with Gasteiger partial charge in [-0.1, -0.05) is 30.3 Å². The lowest BCUT2D eigenvalue weighted by Crippen LogP contribution is -2.46. The van der Waals surface area contributed by atoms with Gasteiger partial charge in [0.05, 0.1) is 0 Å². The molecule has 19 heavy (non-hydrogen) atoms. The van der Waals surface area contributed by atoms with E-state index in [2.05, 4.69) is 47.2 Å². The lowest BCUT2D eigenvalue weighted by molar-refractivity contribution is 0.108. The van der Waals surface area contributed by atoms with Gasteiger partial charge in [-0.25, -0.2) is 0 Å². The summed E-state index contributed by atoms with van der Waals surface area (Å²) in [5.74, 6) is 1.03. The highest BCUT2D eigenvalue weighted by Gasteiger charge is 2.28. The molecule has 1 atom stereocenters. The fourth-order valence-electron chi connectivity index (χ4n) is 3.22. The molecule has 1 aromatic carbocycles. The first-order valence-electron chi connectivity index (χ1n) is 7.78. The van der Waals surface area contributed by atoms with Crippen LogP contribution in [0.3, 0.4) is 0 Å². The van der Waals surface area contributed by atoms with Gasteiger partial charge in [0.15, 0.2) is 0 Å². The van der Waals surface area contributed by atoms with Crippen LogP contribution in [0.5, 0.6) is 0 Å². The van der Waals surface area contributed by atoms with Crippen molar-refractivity contribution in [3.05, 3.63) is 35.9 Å². The molecule has 3 rings (SSSR count). The molecule has 1 saturated carbocycles. The van der Waals surface area contributed by atoms with Crippen LogP contribution in [0.15, 0.2) is 30.3 Å². The monoisotopic (exact) mass is 258 g/mol. The number of benzene rings is 1. The van der Waals surface area contributed by atoms with Gasteiger partial charge in [-0.15, -0.1) is 0 Å². The normalized spacial score (nSPS) is 24.8. The van der Waals surface area contributed by atoms with E-state index in [1.54, 1.807) is 0 Å². The van der Waals surface area contributed by atoms with Crippen LogP contribution >= 0.6 is 0 Å². The summed E-state index contributed by atoms with van der Waals surface area (Å²) < 4.78 is 0. The van der Waals surface area contributed by atoms with E-state index in [1.165, 1.54) is 50.9 Å². The van der Waals surface area contributed by atoms with Gasteiger partial charge in [0, 0.05) is 25.7 Å². The topological polar surface area (TPSA) is 6.48 Å². The zero-order chi connectivity index (χ0) is 13.1. The zero-order valence-corrected chi connectivity index (χ0v) is 12.1. The Morgan fingerprint density at radius 1 is 1.16 bits per heavy atom. The largest absolute Gasteiger partial charge is 0.302 e. The van der Waals surface area contributed by atoms with Gasteiger partial charge in [-0.05, 0) is 50.8 Å². The van der Waals surface area contributed by atoms with E-state index >= 15 is 0 Å². The summed E-state index contributed by atoms with van der Waals surface area (Å²) in [5, 5.41) is 0. The Hall–Kier alpha value is -0.860. The fraction of sp³-hybridized carbons (Fsp3) is 0.647. The minimum Gasteiger partial charge on any atom is -0.302 e. The summed E-state index contributed by atoms with van der Waals surface area (Å²) in [6, 6.07) is 11.6. The van der Waals surface area contributed by atoms with Crippen LogP contribution < -0.4 is 0 Å². The van der Waals surface area contributed by atoms with Crippen molar-refractivity contribution < 1.29 is 0 Å². The number of likely N-dealkylation sites (N-methyl/N-ethyl adjacent to an activating group) is 1. The second-order valence-electron chi connectivity index (χ2n) is 6.40. The van der Waals surface area contributed by atoms with Crippen molar-refractivity contribution in [2.75, 3.05) is 26.7 Å². The van der Waals surface area contributed by atoms with Crippen molar-refractivity contribution in [2.24, 2.45) is 5.92 Å². The van der Waals surface area contributed by atoms with Crippen LogP contribution in [0.4, 0.5) is 0 Å². The molecule has 2 heteroatoms. The van der Waals surface area contributed by atoms with Crippen LogP contribution in [-0.4, -0.2) is 42.5 Å². The summed E-state index contributed by atoms with van der Waals surface area (Å²) in [7, 11) is 2.29. The van der Waals surface area contributed by atoms with Crippen molar-refractivity contribution in [2.45, 2.75) is 38.3 Å². The molecule has 0 spiro atoms. The third kappa shape index (κ3) is 3.80. The molecule has 0 aromatic heterocycles. The van der Waals surface area contributed by atoms with Gasteiger partial charge >= 0.3 is 0 Å². The second-order valence-corrected chi connectivity index (χ2v) is 6.40. The summed E-state index contributed by atoms with van der Waals surface area (Å²) in [4.78, 5) is 5.25. The van der Waals surface area contributed by atoms with Crippen LogP contribution in [0.25, 0.3) is 0 Å². The maximum Gasteiger partial charge on any atom is 0.0234 e. The molecule has 0 amide bonds.